The smallest absolute Gasteiger partial charge is 0.372 e. The third kappa shape index (κ3) is 6.97. The van der Waals surface area contributed by atoms with Gasteiger partial charge in [0.05, 0.1) is 16.9 Å². The number of pyridine rings is 1. The number of hydrogen-bond donors (Lipinski definition) is 2. The average Bonchev–Trinajstić information content (AvgIpc) is 3.00. The van der Waals surface area contributed by atoms with Gasteiger partial charge in [-0.05, 0) is 86.3 Å². The zero-order valence-electron chi connectivity index (χ0n) is 23.2. The molecular weight excluding hydrogens is 541 g/mol. The van der Waals surface area contributed by atoms with E-state index >= 15 is 0 Å². The second-order valence-electron chi connectivity index (χ2n) is 10.4. The minimum absolute atomic E-state index is 0.0668. The van der Waals surface area contributed by atoms with Crippen molar-refractivity contribution in [2.24, 2.45) is 0 Å². The Kier molecular flexibility index (Phi) is 8.56. The molecule has 5 rings (SSSR count). The number of aryl methyl sites for hydroxylation is 1. The Morgan fingerprint density at radius 2 is 1.62 bits per heavy atom. The van der Waals surface area contributed by atoms with Gasteiger partial charge in [-0.2, -0.15) is 13.2 Å². The number of amides is 2. The fourth-order valence-corrected chi connectivity index (χ4v) is 5.04. The first-order valence-electron chi connectivity index (χ1n) is 13.9. The van der Waals surface area contributed by atoms with Crippen LogP contribution < -0.4 is 15.5 Å². The number of piperidine rings is 1. The number of nitrogens with one attached hydrogen (secondary N) is 2. The highest BCUT2D eigenvalue weighted by atomic mass is 19.4. The average molecular weight is 573 g/mol. The molecule has 0 radical (unpaired) electrons. The molecule has 6 nitrogen and oxygen atoms in total. The Hall–Kier alpha value is -4.66. The summed E-state index contributed by atoms with van der Waals surface area (Å²) in [7, 11) is 0. The predicted molar refractivity (Wildman–Crippen MR) is 157 cm³/mol. The first kappa shape index (κ1) is 28.9. The molecule has 216 valence electrons. The van der Waals surface area contributed by atoms with Crippen LogP contribution in [0.5, 0.6) is 0 Å². The monoisotopic (exact) mass is 572 g/mol. The van der Waals surface area contributed by atoms with E-state index in [9.17, 15) is 22.8 Å². The van der Waals surface area contributed by atoms with Crippen molar-refractivity contribution in [1.29, 1.82) is 0 Å². The Morgan fingerprint density at radius 3 is 2.38 bits per heavy atom. The maximum atomic E-state index is 13.1. The van der Waals surface area contributed by atoms with Gasteiger partial charge >= 0.3 is 6.18 Å². The molecule has 0 atom stereocenters. The molecule has 0 spiro atoms. The molecule has 0 aliphatic carbocycles. The summed E-state index contributed by atoms with van der Waals surface area (Å²) in [6, 6.07) is 21.1. The third-order valence-electron chi connectivity index (χ3n) is 7.26. The number of benzene rings is 3. The number of carbonyl (C=O) groups is 2. The van der Waals surface area contributed by atoms with Gasteiger partial charge in [0.2, 0.25) is 0 Å². The van der Waals surface area contributed by atoms with Crippen LogP contribution in [0.3, 0.4) is 0 Å². The SMILES string of the molecule is Cc1cccc(C(=O)Nc2ccc(N3CCCCC3)cc2-c2cc(C(=O)NCc3cccc(C(F)(F)F)c3)ccn2)c1. The van der Waals surface area contributed by atoms with Crippen LogP contribution in [-0.2, 0) is 12.7 Å². The summed E-state index contributed by atoms with van der Waals surface area (Å²) in [5.74, 6) is -0.714. The number of hydrogen-bond acceptors (Lipinski definition) is 4. The lowest BCUT2D eigenvalue weighted by molar-refractivity contribution is -0.137. The van der Waals surface area contributed by atoms with E-state index in [-0.39, 0.29) is 12.5 Å². The molecule has 2 amide bonds. The summed E-state index contributed by atoms with van der Waals surface area (Å²) in [5, 5.41) is 5.70. The zero-order valence-corrected chi connectivity index (χ0v) is 23.2. The van der Waals surface area contributed by atoms with E-state index in [1.54, 1.807) is 18.2 Å². The van der Waals surface area contributed by atoms with Crippen molar-refractivity contribution < 1.29 is 22.8 Å². The van der Waals surface area contributed by atoms with Gasteiger partial charge in [-0.1, -0.05) is 29.8 Å². The fourth-order valence-electron chi connectivity index (χ4n) is 5.04. The van der Waals surface area contributed by atoms with Gasteiger partial charge in [0.15, 0.2) is 0 Å². The lowest BCUT2D eigenvalue weighted by atomic mass is 10.0. The van der Waals surface area contributed by atoms with Crippen LogP contribution in [-0.4, -0.2) is 29.9 Å². The zero-order chi connectivity index (χ0) is 29.7. The molecule has 42 heavy (non-hydrogen) atoms. The second-order valence-corrected chi connectivity index (χ2v) is 10.4. The van der Waals surface area contributed by atoms with Gasteiger partial charge in [0, 0.05) is 48.2 Å². The molecule has 2 N–H and O–H groups in total. The molecule has 1 saturated heterocycles. The number of anilines is 2. The minimum Gasteiger partial charge on any atom is -0.372 e. The van der Waals surface area contributed by atoms with Crippen molar-refractivity contribution in [3.05, 3.63) is 113 Å². The van der Waals surface area contributed by atoms with Crippen LogP contribution in [0.4, 0.5) is 24.5 Å². The van der Waals surface area contributed by atoms with E-state index in [4.69, 9.17) is 0 Å². The highest BCUT2D eigenvalue weighted by Gasteiger charge is 2.30. The summed E-state index contributed by atoms with van der Waals surface area (Å²) in [6.45, 7) is 3.71. The molecule has 1 fully saturated rings. The highest BCUT2D eigenvalue weighted by molar-refractivity contribution is 6.06. The summed E-state index contributed by atoms with van der Waals surface area (Å²) in [5.41, 5.74) is 4.05. The highest BCUT2D eigenvalue weighted by Crippen LogP contribution is 2.33. The molecular formula is C33H31F3N4O2. The van der Waals surface area contributed by atoms with Crippen LogP contribution in [0.2, 0.25) is 0 Å². The first-order chi connectivity index (χ1) is 20.2. The third-order valence-corrected chi connectivity index (χ3v) is 7.26. The maximum absolute atomic E-state index is 13.1. The predicted octanol–water partition coefficient (Wildman–Crippen LogP) is 7.25. The molecule has 1 aliphatic heterocycles. The van der Waals surface area contributed by atoms with Crippen molar-refractivity contribution in [2.75, 3.05) is 23.3 Å². The fraction of sp³-hybridized carbons (Fsp3) is 0.242. The summed E-state index contributed by atoms with van der Waals surface area (Å²) >= 11 is 0. The molecule has 3 aromatic carbocycles. The van der Waals surface area contributed by atoms with E-state index in [0.29, 0.717) is 33.6 Å². The van der Waals surface area contributed by atoms with E-state index in [0.717, 1.165) is 49.3 Å². The molecule has 2 heterocycles. The Balaban J connectivity index is 1.42. The normalized spacial score (nSPS) is 13.5. The number of alkyl halides is 3. The van der Waals surface area contributed by atoms with Crippen LogP contribution >= 0.6 is 0 Å². The second kappa shape index (κ2) is 12.5. The maximum Gasteiger partial charge on any atom is 0.416 e. The van der Waals surface area contributed by atoms with E-state index in [1.807, 2.05) is 43.3 Å². The molecule has 9 heteroatoms. The molecule has 4 aromatic rings. The number of aromatic nitrogens is 1. The van der Waals surface area contributed by atoms with E-state index in [2.05, 4.69) is 20.5 Å². The summed E-state index contributed by atoms with van der Waals surface area (Å²) < 4.78 is 39.3. The Labute approximate surface area is 242 Å². The quantitative estimate of drug-likeness (QED) is 0.245. The van der Waals surface area contributed by atoms with E-state index in [1.165, 1.54) is 24.8 Å². The van der Waals surface area contributed by atoms with Gasteiger partial charge in [-0.15, -0.1) is 0 Å². The largest absolute Gasteiger partial charge is 0.416 e. The van der Waals surface area contributed by atoms with Gasteiger partial charge in [-0.25, -0.2) is 0 Å². The standard InChI is InChI=1S/C33H31F3N4O2/c1-22-7-5-9-24(17-22)32(42)39-29-12-11-27(40-15-3-2-4-16-40)20-28(29)30-19-25(13-14-37-30)31(41)38-21-23-8-6-10-26(18-23)33(34,35)36/h5-14,17-20H,2-4,15-16,21H2,1H3,(H,38,41)(H,39,42). The van der Waals surface area contributed by atoms with Crippen molar-refractivity contribution in [3.8, 4) is 11.3 Å². The molecule has 0 bridgehead atoms. The molecule has 0 unspecified atom stereocenters. The van der Waals surface area contributed by atoms with Crippen molar-refractivity contribution in [1.82, 2.24) is 10.3 Å². The van der Waals surface area contributed by atoms with Crippen LogP contribution in [0.1, 0.15) is 56.7 Å². The number of rotatable bonds is 7. The Morgan fingerprint density at radius 1 is 0.857 bits per heavy atom. The number of carbonyl (C=O) groups excluding carboxylic acids is 2. The van der Waals surface area contributed by atoms with Gasteiger partial charge in [-0.3, -0.25) is 14.6 Å². The Bertz CT molecular complexity index is 1600. The van der Waals surface area contributed by atoms with Crippen molar-refractivity contribution >= 4 is 23.2 Å². The lowest BCUT2D eigenvalue weighted by Gasteiger charge is -2.29. The topological polar surface area (TPSA) is 74.3 Å². The molecule has 0 saturated carbocycles. The van der Waals surface area contributed by atoms with Crippen LogP contribution in [0, 0.1) is 6.92 Å². The molecule has 1 aliphatic rings. The number of nitrogens with zero attached hydrogens (tertiary/aromatic N) is 2. The summed E-state index contributed by atoms with van der Waals surface area (Å²) in [6.07, 6.45) is 0.429. The first-order valence-corrected chi connectivity index (χ1v) is 13.9. The van der Waals surface area contributed by atoms with Crippen LogP contribution in [0.15, 0.2) is 85.1 Å². The van der Waals surface area contributed by atoms with E-state index < -0.39 is 17.6 Å². The van der Waals surface area contributed by atoms with Gasteiger partial charge in [0.1, 0.15) is 0 Å². The van der Waals surface area contributed by atoms with Crippen molar-refractivity contribution in [2.45, 2.75) is 38.9 Å². The summed E-state index contributed by atoms with van der Waals surface area (Å²) in [4.78, 5) is 33.0. The van der Waals surface area contributed by atoms with Crippen LogP contribution in [0.25, 0.3) is 11.3 Å². The lowest BCUT2D eigenvalue weighted by Crippen LogP contribution is -2.29. The molecule has 1 aromatic heterocycles. The minimum atomic E-state index is -4.46. The van der Waals surface area contributed by atoms with Gasteiger partial charge in [0.25, 0.3) is 11.8 Å². The van der Waals surface area contributed by atoms with Crippen molar-refractivity contribution in [3.63, 3.8) is 0 Å². The van der Waals surface area contributed by atoms with Gasteiger partial charge < -0.3 is 15.5 Å². The number of halogens is 3.